The largest absolute Gasteiger partial charge is 0.351 e. The van der Waals surface area contributed by atoms with E-state index in [4.69, 9.17) is 16.6 Å². The fourth-order valence-electron chi connectivity index (χ4n) is 3.24. The van der Waals surface area contributed by atoms with Crippen molar-refractivity contribution in [1.29, 1.82) is 0 Å². The number of fused-ring (bicyclic) bond motifs is 1. The number of piperazine rings is 1. The number of rotatable bonds is 5. The van der Waals surface area contributed by atoms with Crippen LogP contribution in [0.25, 0.3) is 10.2 Å². The van der Waals surface area contributed by atoms with Gasteiger partial charge in [0.1, 0.15) is 0 Å². The van der Waals surface area contributed by atoms with Crippen molar-refractivity contribution in [2.24, 2.45) is 0 Å². The first-order valence-electron chi connectivity index (χ1n) is 9.16. The maximum Gasteiger partial charge on any atom is 0.251 e. The number of hydrogen-bond acceptors (Lipinski definition) is 5. The predicted molar refractivity (Wildman–Crippen MR) is 120 cm³/mol. The zero-order chi connectivity index (χ0) is 19.5. The third kappa shape index (κ3) is 4.66. The Morgan fingerprint density at radius 2 is 2.00 bits per heavy atom. The number of aromatic nitrogens is 1. The highest BCUT2D eigenvalue weighted by Gasteiger charge is 2.20. The molecule has 4 rings (SSSR count). The zero-order valence-corrected chi connectivity index (χ0v) is 18.4. The number of thiazole rings is 1. The first kappa shape index (κ1) is 19.6. The average Bonchev–Trinajstić information content (AvgIpc) is 3.11. The fourth-order valence-corrected chi connectivity index (χ4v) is 4.94. The molecule has 0 spiro atoms. The second-order valence-corrected chi connectivity index (χ2v) is 9.06. The number of carbonyl (C=O) groups excluding carboxylic acids is 1. The van der Waals surface area contributed by atoms with Crippen molar-refractivity contribution in [3.8, 4) is 0 Å². The molecule has 28 heavy (non-hydrogen) atoms. The van der Waals surface area contributed by atoms with Crippen LogP contribution in [0, 0.1) is 0 Å². The van der Waals surface area contributed by atoms with Crippen LogP contribution >= 0.6 is 38.9 Å². The maximum atomic E-state index is 12.2. The Morgan fingerprint density at radius 3 is 2.79 bits per heavy atom. The third-order valence-corrected chi connectivity index (χ3v) is 6.59. The van der Waals surface area contributed by atoms with E-state index in [0.29, 0.717) is 12.1 Å². The zero-order valence-electron chi connectivity index (χ0n) is 15.2. The summed E-state index contributed by atoms with van der Waals surface area (Å²) in [6, 6.07) is 13.3. The van der Waals surface area contributed by atoms with Gasteiger partial charge in [-0.1, -0.05) is 44.9 Å². The van der Waals surface area contributed by atoms with Gasteiger partial charge in [-0.05, 0) is 36.4 Å². The van der Waals surface area contributed by atoms with E-state index < -0.39 is 0 Å². The summed E-state index contributed by atoms with van der Waals surface area (Å²) in [6.45, 7) is 5.29. The molecule has 1 fully saturated rings. The van der Waals surface area contributed by atoms with Gasteiger partial charge in [-0.2, -0.15) is 0 Å². The molecule has 2 aromatic carbocycles. The van der Waals surface area contributed by atoms with E-state index in [1.54, 1.807) is 11.3 Å². The number of hydrogen-bond donors (Lipinski definition) is 1. The van der Waals surface area contributed by atoms with E-state index in [2.05, 4.69) is 31.0 Å². The standard InChI is InChI=1S/C20H20BrClN4OS/c21-15-3-1-2-14(12-15)19(27)23-6-7-25-8-10-26(11-9-25)20-24-17-5-4-16(22)13-18(17)28-20/h1-5,12-13H,6-11H2,(H,23,27). The summed E-state index contributed by atoms with van der Waals surface area (Å²) < 4.78 is 2.04. The Balaban J connectivity index is 1.25. The molecule has 1 saturated heterocycles. The summed E-state index contributed by atoms with van der Waals surface area (Å²) in [5.74, 6) is -0.0342. The highest BCUT2D eigenvalue weighted by molar-refractivity contribution is 9.10. The average molecular weight is 480 g/mol. The summed E-state index contributed by atoms with van der Waals surface area (Å²) in [4.78, 5) is 21.7. The predicted octanol–water partition coefficient (Wildman–Crippen LogP) is 4.26. The summed E-state index contributed by atoms with van der Waals surface area (Å²) >= 11 is 11.2. The lowest BCUT2D eigenvalue weighted by molar-refractivity contribution is 0.0947. The molecule has 1 aliphatic rings. The molecule has 1 aromatic heterocycles. The molecule has 0 radical (unpaired) electrons. The van der Waals surface area contributed by atoms with Crippen LogP contribution in [-0.4, -0.2) is 55.1 Å². The van der Waals surface area contributed by atoms with Crippen molar-refractivity contribution >= 4 is 60.1 Å². The van der Waals surface area contributed by atoms with Gasteiger partial charge in [0.15, 0.2) is 5.13 Å². The van der Waals surface area contributed by atoms with E-state index in [0.717, 1.165) is 57.6 Å². The first-order valence-corrected chi connectivity index (χ1v) is 11.1. The number of amides is 1. The lowest BCUT2D eigenvalue weighted by atomic mass is 10.2. The molecule has 3 aromatic rings. The Hall–Kier alpha value is -1.67. The highest BCUT2D eigenvalue weighted by atomic mass is 79.9. The quantitative estimate of drug-likeness (QED) is 0.594. The minimum atomic E-state index is -0.0342. The number of halogens is 2. The number of benzene rings is 2. The summed E-state index contributed by atoms with van der Waals surface area (Å²) in [5.41, 5.74) is 1.68. The van der Waals surface area contributed by atoms with E-state index in [-0.39, 0.29) is 5.91 Å². The molecule has 0 saturated carbocycles. The number of carbonyl (C=O) groups is 1. The molecular weight excluding hydrogens is 460 g/mol. The van der Waals surface area contributed by atoms with Crippen molar-refractivity contribution < 1.29 is 4.79 Å². The third-order valence-electron chi connectivity index (χ3n) is 4.78. The Labute approximate surface area is 181 Å². The van der Waals surface area contributed by atoms with Crippen LogP contribution < -0.4 is 10.2 Å². The van der Waals surface area contributed by atoms with E-state index in [1.165, 1.54) is 0 Å². The van der Waals surface area contributed by atoms with Crippen molar-refractivity contribution in [3.63, 3.8) is 0 Å². The molecule has 2 heterocycles. The van der Waals surface area contributed by atoms with Gasteiger partial charge >= 0.3 is 0 Å². The van der Waals surface area contributed by atoms with Crippen LogP contribution in [0.4, 0.5) is 5.13 Å². The van der Waals surface area contributed by atoms with Crippen molar-refractivity contribution in [2.75, 3.05) is 44.2 Å². The van der Waals surface area contributed by atoms with Gasteiger partial charge < -0.3 is 10.2 Å². The SMILES string of the molecule is O=C(NCCN1CCN(c2nc3ccc(Cl)cc3s2)CC1)c1cccc(Br)c1. The van der Waals surface area contributed by atoms with Crippen molar-refractivity contribution in [3.05, 3.63) is 57.5 Å². The van der Waals surface area contributed by atoms with Crippen molar-refractivity contribution in [2.45, 2.75) is 0 Å². The number of anilines is 1. The van der Waals surface area contributed by atoms with Gasteiger partial charge in [0.25, 0.3) is 5.91 Å². The number of nitrogens with zero attached hydrogens (tertiary/aromatic N) is 3. The highest BCUT2D eigenvalue weighted by Crippen LogP contribution is 2.31. The van der Waals surface area contributed by atoms with Crippen LogP contribution in [0.15, 0.2) is 46.9 Å². The summed E-state index contributed by atoms with van der Waals surface area (Å²) in [6.07, 6.45) is 0. The maximum absolute atomic E-state index is 12.2. The molecule has 5 nitrogen and oxygen atoms in total. The minimum absolute atomic E-state index is 0.0342. The van der Waals surface area contributed by atoms with Gasteiger partial charge in [-0.15, -0.1) is 0 Å². The topological polar surface area (TPSA) is 48.5 Å². The first-order chi connectivity index (χ1) is 13.6. The second kappa shape index (κ2) is 8.78. The van der Waals surface area contributed by atoms with Crippen LogP contribution in [-0.2, 0) is 0 Å². The summed E-state index contributed by atoms with van der Waals surface area (Å²) in [7, 11) is 0. The van der Waals surface area contributed by atoms with E-state index in [1.807, 2.05) is 42.5 Å². The van der Waals surface area contributed by atoms with Gasteiger partial charge in [0.2, 0.25) is 0 Å². The second-order valence-electron chi connectivity index (χ2n) is 6.70. The van der Waals surface area contributed by atoms with Gasteiger partial charge in [-0.25, -0.2) is 4.98 Å². The monoisotopic (exact) mass is 478 g/mol. The Morgan fingerprint density at radius 1 is 1.18 bits per heavy atom. The molecular formula is C20H20BrClN4OS. The molecule has 1 amide bonds. The normalized spacial score (nSPS) is 15.1. The van der Waals surface area contributed by atoms with Gasteiger partial charge in [0.05, 0.1) is 10.2 Å². The molecule has 8 heteroatoms. The van der Waals surface area contributed by atoms with Crippen molar-refractivity contribution in [1.82, 2.24) is 15.2 Å². The molecule has 0 bridgehead atoms. The fraction of sp³-hybridized carbons (Fsp3) is 0.300. The molecule has 0 aliphatic carbocycles. The Kier molecular flexibility index (Phi) is 6.16. The van der Waals surface area contributed by atoms with Crippen LogP contribution in [0.5, 0.6) is 0 Å². The Bertz CT molecular complexity index is 987. The van der Waals surface area contributed by atoms with E-state index >= 15 is 0 Å². The number of nitrogens with one attached hydrogen (secondary N) is 1. The van der Waals surface area contributed by atoms with Crippen LogP contribution in [0.3, 0.4) is 0 Å². The molecule has 146 valence electrons. The molecule has 0 atom stereocenters. The molecule has 1 aliphatic heterocycles. The van der Waals surface area contributed by atoms with Gasteiger partial charge in [0, 0.05) is 54.3 Å². The lowest BCUT2D eigenvalue weighted by Gasteiger charge is -2.34. The van der Waals surface area contributed by atoms with E-state index in [9.17, 15) is 4.79 Å². The van der Waals surface area contributed by atoms with Crippen LogP contribution in [0.2, 0.25) is 5.02 Å². The lowest BCUT2D eigenvalue weighted by Crippen LogP contribution is -2.48. The summed E-state index contributed by atoms with van der Waals surface area (Å²) in [5, 5.41) is 4.80. The minimum Gasteiger partial charge on any atom is -0.351 e. The smallest absolute Gasteiger partial charge is 0.251 e. The molecule has 0 unspecified atom stereocenters. The van der Waals surface area contributed by atoms with Gasteiger partial charge in [-0.3, -0.25) is 9.69 Å². The van der Waals surface area contributed by atoms with Crippen LogP contribution in [0.1, 0.15) is 10.4 Å². The molecule has 1 N–H and O–H groups in total.